The van der Waals surface area contributed by atoms with E-state index in [0.717, 1.165) is 6.07 Å². The fraction of sp³-hybridized carbons (Fsp3) is 0.455. The van der Waals surface area contributed by atoms with Crippen LogP contribution in [-0.4, -0.2) is 34.0 Å². The number of nitrogens with one attached hydrogen (secondary N) is 1. The number of carbonyl (C=O) groups excluding carboxylic acids is 2. The molecule has 8 nitrogen and oxygen atoms in total. The summed E-state index contributed by atoms with van der Waals surface area (Å²) in [5, 5.41) is 13.1. The molecular weight excluding hydrogens is 254 g/mol. The third kappa shape index (κ3) is 3.54. The van der Waals surface area contributed by atoms with Crippen LogP contribution in [0.15, 0.2) is 12.3 Å². The molecule has 0 aliphatic heterocycles. The normalized spacial score (nSPS) is 11.7. The van der Waals surface area contributed by atoms with Gasteiger partial charge in [0.05, 0.1) is 11.1 Å². The van der Waals surface area contributed by atoms with E-state index in [1.165, 1.54) is 24.7 Å². The number of hydrogen-bond donors (Lipinski definition) is 1. The van der Waals surface area contributed by atoms with Gasteiger partial charge in [-0.1, -0.05) is 0 Å². The molecule has 1 heterocycles. The number of carbonyl (C=O) groups is 2. The number of nitrogens with zero attached hydrogens (tertiary/aromatic N) is 2. The van der Waals surface area contributed by atoms with Gasteiger partial charge in [0.2, 0.25) is 0 Å². The summed E-state index contributed by atoms with van der Waals surface area (Å²) in [6, 6.07) is 1.10. The summed E-state index contributed by atoms with van der Waals surface area (Å²) in [7, 11) is 1.49. The molecule has 1 amide bonds. The van der Waals surface area contributed by atoms with E-state index in [1.54, 1.807) is 6.92 Å². The molecule has 0 radical (unpaired) electrons. The molecule has 19 heavy (non-hydrogen) atoms. The van der Waals surface area contributed by atoms with Crippen LogP contribution in [-0.2, 0) is 16.6 Å². The summed E-state index contributed by atoms with van der Waals surface area (Å²) in [5.41, 5.74) is -0.192. The first-order valence-electron chi connectivity index (χ1n) is 5.66. The summed E-state index contributed by atoms with van der Waals surface area (Å²) in [4.78, 5) is 33.2. The van der Waals surface area contributed by atoms with Gasteiger partial charge in [-0.05, 0) is 13.8 Å². The van der Waals surface area contributed by atoms with Crippen LogP contribution in [0.25, 0.3) is 0 Å². The number of ether oxygens (including phenoxy) is 1. The molecule has 104 valence electrons. The number of hydrogen-bond acceptors (Lipinski definition) is 5. The number of nitro groups is 1. The van der Waals surface area contributed by atoms with Crippen molar-refractivity contribution in [2.75, 3.05) is 6.54 Å². The Morgan fingerprint density at radius 3 is 2.68 bits per heavy atom. The highest BCUT2D eigenvalue weighted by Gasteiger charge is 2.23. The van der Waals surface area contributed by atoms with Crippen LogP contribution in [0.5, 0.6) is 0 Å². The van der Waals surface area contributed by atoms with Crippen molar-refractivity contribution in [3.8, 4) is 0 Å². The van der Waals surface area contributed by atoms with Crippen molar-refractivity contribution in [1.29, 1.82) is 0 Å². The van der Waals surface area contributed by atoms with E-state index in [2.05, 4.69) is 5.32 Å². The summed E-state index contributed by atoms with van der Waals surface area (Å²) in [5.74, 6) is -1.20. The Labute approximate surface area is 109 Å². The lowest BCUT2D eigenvalue weighted by Gasteiger charge is -2.12. The standard InChI is InChI=1S/C11H15N3O5/c1-4-12-10(15)7(2)19-11(16)9-5-8(14(17)18)6-13(9)3/h5-7H,4H2,1-3H3,(H,12,15). The van der Waals surface area contributed by atoms with Gasteiger partial charge in [-0.25, -0.2) is 4.79 Å². The molecule has 0 spiro atoms. The van der Waals surface area contributed by atoms with E-state index < -0.39 is 22.9 Å². The Morgan fingerprint density at radius 2 is 2.21 bits per heavy atom. The molecule has 1 unspecified atom stereocenters. The average molecular weight is 269 g/mol. The molecule has 0 aliphatic rings. The molecule has 8 heteroatoms. The number of aryl methyl sites for hydroxylation is 1. The third-order valence-corrected chi connectivity index (χ3v) is 2.41. The first-order valence-corrected chi connectivity index (χ1v) is 5.66. The molecule has 0 saturated heterocycles. The number of esters is 1. The second kappa shape index (κ2) is 5.98. The summed E-state index contributed by atoms with van der Waals surface area (Å²) < 4.78 is 6.21. The molecule has 0 aliphatic carbocycles. The predicted molar refractivity (Wildman–Crippen MR) is 65.6 cm³/mol. The van der Waals surface area contributed by atoms with Gasteiger partial charge in [-0.2, -0.15) is 0 Å². The van der Waals surface area contributed by atoms with Crippen molar-refractivity contribution in [1.82, 2.24) is 9.88 Å². The number of rotatable bonds is 5. The van der Waals surface area contributed by atoms with Crippen molar-refractivity contribution in [2.24, 2.45) is 7.05 Å². The van der Waals surface area contributed by atoms with E-state index >= 15 is 0 Å². The minimum absolute atomic E-state index is 0.0165. The fourth-order valence-corrected chi connectivity index (χ4v) is 1.44. The van der Waals surface area contributed by atoms with Crippen LogP contribution in [0.3, 0.4) is 0 Å². The Kier molecular flexibility index (Phi) is 4.62. The average Bonchev–Trinajstić information content (AvgIpc) is 2.71. The van der Waals surface area contributed by atoms with E-state index in [1.807, 2.05) is 0 Å². The molecule has 0 bridgehead atoms. The summed E-state index contributed by atoms with van der Waals surface area (Å²) in [6.45, 7) is 3.60. The zero-order valence-corrected chi connectivity index (χ0v) is 10.9. The zero-order valence-electron chi connectivity index (χ0n) is 10.9. The van der Waals surface area contributed by atoms with E-state index in [-0.39, 0.29) is 11.4 Å². The maximum absolute atomic E-state index is 11.8. The molecule has 1 aromatic heterocycles. The van der Waals surface area contributed by atoms with Crippen LogP contribution >= 0.6 is 0 Å². The molecule has 1 atom stereocenters. The molecule has 1 rings (SSSR count). The Morgan fingerprint density at radius 1 is 1.58 bits per heavy atom. The van der Waals surface area contributed by atoms with Crippen LogP contribution in [0.4, 0.5) is 5.69 Å². The van der Waals surface area contributed by atoms with Gasteiger partial charge in [-0.15, -0.1) is 0 Å². The maximum atomic E-state index is 11.8. The van der Waals surface area contributed by atoms with Gasteiger partial charge in [0, 0.05) is 19.7 Å². The van der Waals surface area contributed by atoms with Gasteiger partial charge in [0.25, 0.3) is 11.6 Å². The fourth-order valence-electron chi connectivity index (χ4n) is 1.44. The highest BCUT2D eigenvalue weighted by molar-refractivity contribution is 5.91. The first kappa shape index (κ1) is 14.7. The number of aromatic nitrogens is 1. The Hall–Kier alpha value is -2.38. The quantitative estimate of drug-likeness (QED) is 0.479. The largest absolute Gasteiger partial charge is 0.448 e. The minimum Gasteiger partial charge on any atom is -0.448 e. The maximum Gasteiger partial charge on any atom is 0.355 e. The van der Waals surface area contributed by atoms with Crippen molar-refractivity contribution in [3.63, 3.8) is 0 Å². The molecule has 0 saturated carbocycles. The Balaban J connectivity index is 2.78. The molecule has 0 aromatic carbocycles. The number of likely N-dealkylation sites (N-methyl/N-ethyl adjacent to an activating group) is 1. The van der Waals surface area contributed by atoms with Crippen molar-refractivity contribution >= 4 is 17.6 Å². The van der Waals surface area contributed by atoms with Gasteiger partial charge >= 0.3 is 5.97 Å². The third-order valence-electron chi connectivity index (χ3n) is 2.41. The van der Waals surface area contributed by atoms with Crippen LogP contribution in [0.1, 0.15) is 24.3 Å². The van der Waals surface area contributed by atoms with Crippen LogP contribution in [0, 0.1) is 10.1 Å². The van der Waals surface area contributed by atoms with Gasteiger partial charge < -0.3 is 14.6 Å². The Bertz CT molecular complexity index is 508. The topological polar surface area (TPSA) is 103 Å². The molecule has 1 N–H and O–H groups in total. The van der Waals surface area contributed by atoms with Crippen molar-refractivity contribution in [2.45, 2.75) is 20.0 Å². The lowest BCUT2D eigenvalue weighted by Crippen LogP contribution is -2.35. The SMILES string of the molecule is CCNC(=O)C(C)OC(=O)c1cc([N+](=O)[O-])cn1C. The number of amides is 1. The minimum atomic E-state index is -0.957. The second-order valence-corrected chi connectivity index (χ2v) is 3.89. The monoisotopic (exact) mass is 269 g/mol. The lowest BCUT2D eigenvalue weighted by molar-refractivity contribution is -0.384. The summed E-state index contributed by atoms with van der Waals surface area (Å²) >= 11 is 0. The van der Waals surface area contributed by atoms with Gasteiger partial charge in [0.15, 0.2) is 6.10 Å². The van der Waals surface area contributed by atoms with Crippen LogP contribution < -0.4 is 5.32 Å². The zero-order chi connectivity index (χ0) is 14.6. The second-order valence-electron chi connectivity index (χ2n) is 3.89. The van der Waals surface area contributed by atoms with E-state index in [0.29, 0.717) is 6.54 Å². The summed E-state index contributed by atoms with van der Waals surface area (Å²) in [6.07, 6.45) is 0.245. The lowest BCUT2D eigenvalue weighted by atomic mass is 10.3. The van der Waals surface area contributed by atoms with Crippen LogP contribution in [0.2, 0.25) is 0 Å². The van der Waals surface area contributed by atoms with Gasteiger partial charge in [-0.3, -0.25) is 14.9 Å². The van der Waals surface area contributed by atoms with Crippen molar-refractivity contribution in [3.05, 3.63) is 28.1 Å². The highest BCUT2D eigenvalue weighted by atomic mass is 16.6. The highest BCUT2D eigenvalue weighted by Crippen LogP contribution is 2.16. The van der Waals surface area contributed by atoms with E-state index in [9.17, 15) is 19.7 Å². The smallest absolute Gasteiger partial charge is 0.355 e. The molecule has 0 fully saturated rings. The van der Waals surface area contributed by atoms with Gasteiger partial charge in [0.1, 0.15) is 5.69 Å². The molecular formula is C11H15N3O5. The molecule has 1 aromatic rings. The van der Waals surface area contributed by atoms with Crippen molar-refractivity contribution < 1.29 is 19.2 Å². The predicted octanol–water partition coefficient (Wildman–Crippen LogP) is 0.615. The van der Waals surface area contributed by atoms with E-state index in [4.69, 9.17) is 4.74 Å². The first-order chi connectivity index (χ1) is 8.86.